The largest absolute Gasteiger partial charge is 0.352 e. The van der Waals surface area contributed by atoms with Gasteiger partial charge in [-0.25, -0.2) is 14.5 Å². The molecule has 3 amide bonds. The van der Waals surface area contributed by atoms with E-state index in [1.807, 2.05) is 38.1 Å². The summed E-state index contributed by atoms with van der Waals surface area (Å²) in [4.78, 5) is 27.3. The lowest BCUT2D eigenvalue weighted by atomic mass is 10.0. The van der Waals surface area contributed by atoms with E-state index in [-0.39, 0.29) is 11.8 Å². The lowest BCUT2D eigenvalue weighted by molar-refractivity contribution is -0.124. The second kappa shape index (κ2) is 8.09. The van der Waals surface area contributed by atoms with Crippen molar-refractivity contribution >= 4 is 11.9 Å². The Kier molecular flexibility index (Phi) is 5.89. The molecule has 0 aliphatic heterocycles. The molecule has 24 heavy (non-hydrogen) atoms. The maximum Gasteiger partial charge on any atom is 0.312 e. The summed E-state index contributed by atoms with van der Waals surface area (Å²) in [5.74, 6) is -0.331. The van der Waals surface area contributed by atoms with Gasteiger partial charge in [-0.1, -0.05) is 38.1 Å². The van der Waals surface area contributed by atoms with E-state index < -0.39 is 12.1 Å². The van der Waals surface area contributed by atoms with Gasteiger partial charge in [0.15, 0.2) is 0 Å². The molecule has 2 aromatic rings. The van der Waals surface area contributed by atoms with Gasteiger partial charge in [-0.3, -0.25) is 4.79 Å². The molecular formula is C16H22N6O2. The average molecular weight is 330 g/mol. The second-order valence-corrected chi connectivity index (χ2v) is 5.81. The summed E-state index contributed by atoms with van der Waals surface area (Å²) in [6.07, 6.45) is 3.12. The predicted molar refractivity (Wildman–Crippen MR) is 88.8 cm³/mol. The first kappa shape index (κ1) is 17.5. The number of nitrogens with one attached hydrogen (secondary N) is 2. The number of nitrogens with zero attached hydrogens (tertiary/aromatic N) is 3. The Labute approximate surface area is 140 Å². The van der Waals surface area contributed by atoms with Crippen LogP contribution in [0.5, 0.6) is 0 Å². The van der Waals surface area contributed by atoms with E-state index in [0.29, 0.717) is 13.1 Å². The maximum absolute atomic E-state index is 12.3. The molecule has 128 valence electrons. The average Bonchev–Trinajstić information content (AvgIpc) is 3.04. The molecule has 0 spiro atoms. The van der Waals surface area contributed by atoms with Crippen LogP contribution in [0.25, 0.3) is 0 Å². The van der Waals surface area contributed by atoms with Gasteiger partial charge in [0.1, 0.15) is 18.7 Å². The van der Waals surface area contributed by atoms with Gasteiger partial charge >= 0.3 is 6.03 Å². The first-order valence-electron chi connectivity index (χ1n) is 7.70. The Morgan fingerprint density at radius 1 is 1.25 bits per heavy atom. The van der Waals surface area contributed by atoms with Crippen LogP contribution in [-0.4, -0.2) is 32.7 Å². The highest BCUT2D eigenvalue weighted by molar-refractivity contribution is 5.86. The molecule has 0 saturated carbocycles. The Balaban J connectivity index is 2.03. The van der Waals surface area contributed by atoms with Crippen molar-refractivity contribution in [3.63, 3.8) is 0 Å². The zero-order valence-corrected chi connectivity index (χ0v) is 13.8. The summed E-state index contributed by atoms with van der Waals surface area (Å²) >= 11 is 0. The third-order valence-electron chi connectivity index (χ3n) is 3.62. The lowest BCUT2D eigenvalue weighted by Crippen LogP contribution is -2.51. The van der Waals surface area contributed by atoms with Gasteiger partial charge in [0.25, 0.3) is 0 Å². The second-order valence-electron chi connectivity index (χ2n) is 5.81. The number of hydrogen-bond donors (Lipinski definition) is 3. The van der Waals surface area contributed by atoms with Gasteiger partial charge in [0, 0.05) is 6.54 Å². The molecule has 0 radical (unpaired) electrons. The van der Waals surface area contributed by atoms with Crippen LogP contribution < -0.4 is 16.4 Å². The van der Waals surface area contributed by atoms with E-state index in [1.54, 1.807) is 11.0 Å². The maximum atomic E-state index is 12.3. The zero-order valence-electron chi connectivity index (χ0n) is 13.8. The van der Waals surface area contributed by atoms with E-state index in [2.05, 4.69) is 20.7 Å². The summed E-state index contributed by atoms with van der Waals surface area (Å²) in [6.45, 7) is 4.62. The quantitative estimate of drug-likeness (QED) is 0.691. The molecular weight excluding hydrogens is 308 g/mol. The number of nitrogens with two attached hydrogens (primary N) is 1. The van der Waals surface area contributed by atoms with Crippen molar-refractivity contribution in [3.8, 4) is 0 Å². The number of aromatic nitrogens is 3. The molecule has 1 heterocycles. The fraction of sp³-hybridized carbons (Fsp3) is 0.375. The van der Waals surface area contributed by atoms with Crippen LogP contribution in [0.4, 0.5) is 4.79 Å². The number of amides is 3. The molecule has 0 bridgehead atoms. The molecule has 0 aliphatic rings. The third-order valence-corrected chi connectivity index (χ3v) is 3.62. The smallest absolute Gasteiger partial charge is 0.312 e. The number of primary amides is 1. The van der Waals surface area contributed by atoms with Crippen molar-refractivity contribution in [3.05, 3.63) is 48.0 Å². The van der Waals surface area contributed by atoms with E-state index in [1.165, 1.54) is 6.33 Å². The lowest BCUT2D eigenvalue weighted by Gasteiger charge is -2.21. The zero-order chi connectivity index (χ0) is 17.5. The monoisotopic (exact) mass is 330 g/mol. The summed E-state index contributed by atoms with van der Waals surface area (Å²) in [5.41, 5.74) is 7.14. The molecule has 8 heteroatoms. The molecule has 4 N–H and O–H groups in total. The normalized spacial score (nSPS) is 12.0. The van der Waals surface area contributed by atoms with Crippen LogP contribution in [0.2, 0.25) is 0 Å². The SMILES string of the molecule is CC(C)[C@H](NC(N)=O)C(=O)NCc1ccccc1Cn1cncn1. The van der Waals surface area contributed by atoms with Crippen LogP contribution in [0, 0.1) is 5.92 Å². The minimum atomic E-state index is -0.713. The number of urea groups is 1. The Hall–Kier alpha value is -2.90. The van der Waals surface area contributed by atoms with Gasteiger partial charge in [-0.2, -0.15) is 5.10 Å². The van der Waals surface area contributed by atoms with Crippen LogP contribution in [0.15, 0.2) is 36.9 Å². The van der Waals surface area contributed by atoms with E-state index in [0.717, 1.165) is 11.1 Å². The summed E-state index contributed by atoms with van der Waals surface area (Å²) in [5, 5.41) is 9.41. The number of carbonyl (C=O) groups excluding carboxylic acids is 2. The molecule has 1 aromatic heterocycles. The van der Waals surface area contributed by atoms with Crippen LogP contribution in [-0.2, 0) is 17.9 Å². The Morgan fingerprint density at radius 3 is 2.54 bits per heavy atom. The third kappa shape index (κ3) is 4.80. The first-order valence-corrected chi connectivity index (χ1v) is 7.70. The van der Waals surface area contributed by atoms with Crippen molar-refractivity contribution < 1.29 is 9.59 Å². The standard InChI is InChI=1S/C16H22N6O2/c1-11(2)14(21-16(17)24)15(23)19-7-12-5-3-4-6-13(12)8-22-10-18-9-20-22/h3-6,9-11,14H,7-8H2,1-2H3,(H,19,23)(H3,17,21,24)/t14-/m0/s1. The van der Waals surface area contributed by atoms with Crippen LogP contribution in [0.3, 0.4) is 0 Å². The fourth-order valence-electron chi connectivity index (χ4n) is 2.35. The topological polar surface area (TPSA) is 115 Å². The van der Waals surface area contributed by atoms with Crippen molar-refractivity contribution in [1.29, 1.82) is 0 Å². The number of hydrogen-bond acceptors (Lipinski definition) is 4. The molecule has 0 saturated heterocycles. The molecule has 8 nitrogen and oxygen atoms in total. The highest BCUT2D eigenvalue weighted by atomic mass is 16.2. The molecule has 0 unspecified atom stereocenters. The highest BCUT2D eigenvalue weighted by Gasteiger charge is 2.23. The predicted octanol–water partition coefficient (Wildman–Crippen LogP) is 0.636. The van der Waals surface area contributed by atoms with Gasteiger partial charge in [0.05, 0.1) is 6.54 Å². The fourth-order valence-corrected chi connectivity index (χ4v) is 2.35. The Morgan fingerprint density at radius 2 is 1.96 bits per heavy atom. The molecule has 0 fully saturated rings. The molecule has 2 rings (SSSR count). The highest BCUT2D eigenvalue weighted by Crippen LogP contribution is 2.10. The Bertz CT molecular complexity index is 684. The van der Waals surface area contributed by atoms with Crippen LogP contribution in [0.1, 0.15) is 25.0 Å². The molecule has 0 aliphatic carbocycles. The summed E-state index contributed by atoms with van der Waals surface area (Å²) < 4.78 is 1.71. The molecule has 1 atom stereocenters. The van der Waals surface area contributed by atoms with E-state index in [4.69, 9.17) is 5.73 Å². The van der Waals surface area contributed by atoms with Crippen molar-refractivity contribution in [1.82, 2.24) is 25.4 Å². The van der Waals surface area contributed by atoms with Gasteiger partial charge < -0.3 is 16.4 Å². The molecule has 1 aromatic carbocycles. The van der Waals surface area contributed by atoms with Crippen molar-refractivity contribution in [2.45, 2.75) is 33.0 Å². The van der Waals surface area contributed by atoms with Gasteiger partial charge in [0.2, 0.25) is 5.91 Å². The number of benzene rings is 1. The number of carbonyl (C=O) groups is 2. The van der Waals surface area contributed by atoms with E-state index in [9.17, 15) is 9.59 Å². The minimum absolute atomic E-state index is 0.0668. The summed E-state index contributed by atoms with van der Waals surface area (Å²) in [6, 6.07) is 6.39. The van der Waals surface area contributed by atoms with E-state index >= 15 is 0 Å². The van der Waals surface area contributed by atoms with Crippen molar-refractivity contribution in [2.24, 2.45) is 11.7 Å². The number of rotatable bonds is 7. The minimum Gasteiger partial charge on any atom is -0.352 e. The summed E-state index contributed by atoms with van der Waals surface area (Å²) in [7, 11) is 0. The van der Waals surface area contributed by atoms with Crippen molar-refractivity contribution in [2.75, 3.05) is 0 Å². The first-order chi connectivity index (χ1) is 11.5. The van der Waals surface area contributed by atoms with Crippen LogP contribution >= 0.6 is 0 Å². The van der Waals surface area contributed by atoms with Gasteiger partial charge in [-0.05, 0) is 17.0 Å². The van der Waals surface area contributed by atoms with Gasteiger partial charge in [-0.15, -0.1) is 0 Å².